The molecule has 17 heavy (non-hydrogen) atoms. The van der Waals surface area contributed by atoms with Crippen molar-refractivity contribution in [2.24, 2.45) is 0 Å². The van der Waals surface area contributed by atoms with Gasteiger partial charge in [-0.1, -0.05) is 30.3 Å². The van der Waals surface area contributed by atoms with Gasteiger partial charge in [0.2, 0.25) is 5.28 Å². The topological polar surface area (TPSA) is 52.1 Å². The van der Waals surface area contributed by atoms with Gasteiger partial charge in [-0.3, -0.25) is 0 Å². The van der Waals surface area contributed by atoms with Crippen LogP contribution in [-0.2, 0) is 11.3 Å². The van der Waals surface area contributed by atoms with Crippen molar-refractivity contribution in [2.75, 3.05) is 0 Å². The summed E-state index contributed by atoms with van der Waals surface area (Å²) in [4.78, 5) is 19.0. The zero-order valence-electron chi connectivity index (χ0n) is 8.84. The van der Waals surface area contributed by atoms with Crippen LogP contribution in [0.25, 0.3) is 0 Å². The molecule has 0 amide bonds. The van der Waals surface area contributed by atoms with Crippen molar-refractivity contribution in [2.45, 2.75) is 6.61 Å². The SMILES string of the molecule is O=C(OCc1ccccc1)c1cnc(Cl)nc1. The summed E-state index contributed by atoms with van der Waals surface area (Å²) in [5.41, 5.74) is 1.21. The molecule has 4 nitrogen and oxygen atoms in total. The number of halogens is 1. The van der Waals surface area contributed by atoms with Crippen molar-refractivity contribution >= 4 is 17.6 Å². The lowest BCUT2D eigenvalue weighted by atomic mass is 10.2. The lowest BCUT2D eigenvalue weighted by Gasteiger charge is -2.04. The van der Waals surface area contributed by atoms with Crippen LogP contribution in [0, 0.1) is 0 Å². The van der Waals surface area contributed by atoms with Gasteiger partial charge in [-0.05, 0) is 17.2 Å². The number of carbonyl (C=O) groups is 1. The maximum Gasteiger partial charge on any atom is 0.341 e. The molecule has 0 atom stereocenters. The molecule has 2 rings (SSSR count). The molecule has 1 aromatic heterocycles. The molecule has 1 aromatic carbocycles. The Labute approximate surface area is 103 Å². The van der Waals surface area contributed by atoms with Crippen molar-refractivity contribution in [3.05, 3.63) is 59.1 Å². The number of aromatic nitrogens is 2. The van der Waals surface area contributed by atoms with Gasteiger partial charge in [0.25, 0.3) is 0 Å². The molecule has 0 fully saturated rings. The van der Waals surface area contributed by atoms with Gasteiger partial charge in [-0.15, -0.1) is 0 Å². The number of benzene rings is 1. The second-order valence-corrected chi connectivity index (χ2v) is 3.64. The number of hydrogen-bond donors (Lipinski definition) is 0. The number of nitrogens with zero attached hydrogens (tertiary/aromatic N) is 2. The van der Waals surface area contributed by atoms with Crippen LogP contribution in [0.2, 0.25) is 5.28 Å². The van der Waals surface area contributed by atoms with Crippen LogP contribution in [-0.4, -0.2) is 15.9 Å². The highest BCUT2D eigenvalue weighted by Crippen LogP contribution is 2.06. The van der Waals surface area contributed by atoms with Gasteiger partial charge in [-0.2, -0.15) is 0 Å². The second kappa shape index (κ2) is 5.41. The molecule has 2 aromatic rings. The summed E-state index contributed by atoms with van der Waals surface area (Å²) in [6.07, 6.45) is 2.67. The van der Waals surface area contributed by atoms with Crippen LogP contribution >= 0.6 is 11.6 Å². The minimum atomic E-state index is -0.467. The number of rotatable bonds is 3. The van der Waals surface area contributed by atoms with E-state index in [2.05, 4.69) is 9.97 Å². The zero-order valence-corrected chi connectivity index (χ0v) is 9.59. The quantitative estimate of drug-likeness (QED) is 0.619. The van der Waals surface area contributed by atoms with Crippen LogP contribution < -0.4 is 0 Å². The third kappa shape index (κ3) is 3.26. The number of hydrogen-bond acceptors (Lipinski definition) is 4. The third-order valence-corrected chi connectivity index (χ3v) is 2.26. The van der Waals surface area contributed by atoms with E-state index in [0.717, 1.165) is 5.56 Å². The van der Waals surface area contributed by atoms with Gasteiger partial charge >= 0.3 is 5.97 Å². The number of esters is 1. The highest BCUT2D eigenvalue weighted by atomic mass is 35.5. The van der Waals surface area contributed by atoms with Gasteiger partial charge in [0.1, 0.15) is 6.61 Å². The van der Waals surface area contributed by atoms with Crippen LogP contribution in [0.1, 0.15) is 15.9 Å². The van der Waals surface area contributed by atoms with Gasteiger partial charge in [0.15, 0.2) is 0 Å². The Morgan fingerprint density at radius 3 is 2.47 bits per heavy atom. The average Bonchev–Trinajstić information content (AvgIpc) is 2.38. The maximum absolute atomic E-state index is 11.6. The fourth-order valence-electron chi connectivity index (χ4n) is 1.22. The first-order valence-corrected chi connectivity index (χ1v) is 5.32. The normalized spacial score (nSPS) is 9.94. The van der Waals surface area contributed by atoms with Crippen molar-refractivity contribution in [3.8, 4) is 0 Å². The molecule has 0 aliphatic heterocycles. The predicted molar refractivity (Wildman–Crippen MR) is 62.6 cm³/mol. The van der Waals surface area contributed by atoms with E-state index in [1.807, 2.05) is 30.3 Å². The predicted octanol–water partition coefficient (Wildman–Crippen LogP) is 2.49. The largest absolute Gasteiger partial charge is 0.457 e. The van der Waals surface area contributed by atoms with E-state index in [0.29, 0.717) is 0 Å². The van der Waals surface area contributed by atoms with E-state index >= 15 is 0 Å². The highest BCUT2D eigenvalue weighted by Gasteiger charge is 2.08. The van der Waals surface area contributed by atoms with Gasteiger partial charge in [-0.25, -0.2) is 14.8 Å². The molecule has 86 valence electrons. The first-order chi connectivity index (χ1) is 8.25. The standard InChI is InChI=1S/C12H9ClN2O2/c13-12-14-6-10(7-15-12)11(16)17-8-9-4-2-1-3-5-9/h1-7H,8H2. The summed E-state index contributed by atoms with van der Waals surface area (Å²) < 4.78 is 5.09. The second-order valence-electron chi connectivity index (χ2n) is 3.30. The molecule has 0 aliphatic rings. The number of carbonyl (C=O) groups excluding carboxylic acids is 1. The Bertz CT molecular complexity index is 500. The van der Waals surface area contributed by atoms with E-state index in [9.17, 15) is 4.79 Å². The summed E-state index contributed by atoms with van der Waals surface area (Å²) in [5.74, 6) is -0.467. The number of ether oxygens (including phenoxy) is 1. The molecule has 0 bridgehead atoms. The van der Waals surface area contributed by atoms with Crippen molar-refractivity contribution in [3.63, 3.8) is 0 Å². The Balaban J connectivity index is 1.96. The Morgan fingerprint density at radius 2 is 1.82 bits per heavy atom. The van der Waals surface area contributed by atoms with Gasteiger partial charge in [0, 0.05) is 12.4 Å². The first-order valence-electron chi connectivity index (χ1n) is 4.94. The molecule has 5 heteroatoms. The lowest BCUT2D eigenvalue weighted by Crippen LogP contribution is -2.06. The molecule has 0 radical (unpaired) electrons. The van der Waals surface area contributed by atoms with Crippen LogP contribution in [0.4, 0.5) is 0 Å². The fraction of sp³-hybridized carbons (Fsp3) is 0.0833. The summed E-state index contributed by atoms with van der Waals surface area (Å²) in [6, 6.07) is 9.43. The van der Waals surface area contributed by atoms with Gasteiger partial charge in [0.05, 0.1) is 5.56 Å². The maximum atomic E-state index is 11.6. The molecule has 0 saturated heterocycles. The van der Waals surface area contributed by atoms with E-state index in [4.69, 9.17) is 16.3 Å². The summed E-state index contributed by atoms with van der Waals surface area (Å²) in [7, 11) is 0. The van der Waals surface area contributed by atoms with Gasteiger partial charge < -0.3 is 4.74 Å². The van der Waals surface area contributed by atoms with E-state index in [1.54, 1.807) is 0 Å². The van der Waals surface area contributed by atoms with Crippen LogP contribution in [0.15, 0.2) is 42.7 Å². The lowest BCUT2D eigenvalue weighted by molar-refractivity contribution is 0.0471. The minimum absolute atomic E-state index is 0.101. The molecule has 0 saturated carbocycles. The van der Waals surface area contributed by atoms with E-state index in [-0.39, 0.29) is 17.5 Å². The van der Waals surface area contributed by atoms with Crippen molar-refractivity contribution in [1.82, 2.24) is 9.97 Å². The average molecular weight is 249 g/mol. The molecule has 0 N–H and O–H groups in total. The smallest absolute Gasteiger partial charge is 0.341 e. The van der Waals surface area contributed by atoms with Crippen molar-refractivity contribution in [1.29, 1.82) is 0 Å². The highest BCUT2D eigenvalue weighted by molar-refractivity contribution is 6.28. The fourth-order valence-corrected chi connectivity index (χ4v) is 1.32. The van der Waals surface area contributed by atoms with Crippen molar-refractivity contribution < 1.29 is 9.53 Å². The van der Waals surface area contributed by atoms with E-state index in [1.165, 1.54) is 12.4 Å². The minimum Gasteiger partial charge on any atom is -0.457 e. The monoisotopic (exact) mass is 248 g/mol. The van der Waals surface area contributed by atoms with Crippen LogP contribution in [0.3, 0.4) is 0 Å². The molecule has 0 spiro atoms. The Morgan fingerprint density at radius 1 is 1.18 bits per heavy atom. The Hall–Kier alpha value is -1.94. The molecule has 1 heterocycles. The molecule has 0 unspecified atom stereocenters. The molecule has 0 aliphatic carbocycles. The molecular weight excluding hydrogens is 240 g/mol. The zero-order chi connectivity index (χ0) is 12.1. The Kier molecular flexibility index (Phi) is 3.67. The first kappa shape index (κ1) is 11.5. The summed E-state index contributed by atoms with van der Waals surface area (Å²) >= 11 is 5.51. The van der Waals surface area contributed by atoms with Crippen LogP contribution in [0.5, 0.6) is 0 Å². The third-order valence-electron chi connectivity index (χ3n) is 2.07. The summed E-state index contributed by atoms with van der Waals surface area (Å²) in [6.45, 7) is 0.225. The van der Waals surface area contributed by atoms with E-state index < -0.39 is 5.97 Å². The summed E-state index contributed by atoms with van der Waals surface area (Å²) in [5, 5.41) is 0.101. The molecular formula is C12H9ClN2O2.